The fourth-order valence-electron chi connectivity index (χ4n) is 3.32. The van der Waals surface area contributed by atoms with E-state index < -0.39 is 6.04 Å². The van der Waals surface area contributed by atoms with Gasteiger partial charge in [-0.25, -0.2) is 4.39 Å². The molecule has 1 aromatic carbocycles. The summed E-state index contributed by atoms with van der Waals surface area (Å²) >= 11 is 0. The van der Waals surface area contributed by atoms with E-state index in [0.29, 0.717) is 12.2 Å². The van der Waals surface area contributed by atoms with E-state index in [1.54, 1.807) is 24.1 Å². The van der Waals surface area contributed by atoms with E-state index in [2.05, 4.69) is 5.32 Å². The summed E-state index contributed by atoms with van der Waals surface area (Å²) in [6, 6.07) is 5.71. The Kier molecular flexibility index (Phi) is 5.53. The summed E-state index contributed by atoms with van der Waals surface area (Å²) in [6.45, 7) is 0.516. The maximum atomic E-state index is 13.5. The molecule has 122 valence electrons. The van der Waals surface area contributed by atoms with E-state index in [-0.39, 0.29) is 17.3 Å². The zero-order valence-corrected chi connectivity index (χ0v) is 13.6. The van der Waals surface area contributed by atoms with Gasteiger partial charge in [0.2, 0.25) is 5.91 Å². The summed E-state index contributed by atoms with van der Waals surface area (Å²) in [7, 11) is 5.31. The molecule has 0 aliphatic heterocycles. The van der Waals surface area contributed by atoms with Crippen molar-refractivity contribution in [3.63, 3.8) is 0 Å². The van der Waals surface area contributed by atoms with Crippen molar-refractivity contribution < 1.29 is 13.9 Å². The fourth-order valence-corrected chi connectivity index (χ4v) is 3.32. The monoisotopic (exact) mass is 308 g/mol. The van der Waals surface area contributed by atoms with Crippen molar-refractivity contribution >= 4 is 5.91 Å². The number of hydrogen-bond acceptors (Lipinski definition) is 3. The average molecular weight is 308 g/mol. The predicted octanol–water partition coefficient (Wildman–Crippen LogP) is 2.50. The third-order valence-electron chi connectivity index (χ3n) is 4.30. The number of amides is 1. The number of nitrogens with one attached hydrogen (secondary N) is 1. The number of ether oxygens (including phenoxy) is 1. The van der Waals surface area contributed by atoms with Gasteiger partial charge in [0.15, 0.2) is 0 Å². The molecule has 1 fully saturated rings. The van der Waals surface area contributed by atoms with Gasteiger partial charge in [0.1, 0.15) is 11.9 Å². The van der Waals surface area contributed by atoms with Crippen molar-refractivity contribution in [3.8, 4) is 0 Å². The van der Waals surface area contributed by atoms with Crippen molar-refractivity contribution in [2.24, 2.45) is 0 Å². The van der Waals surface area contributed by atoms with Gasteiger partial charge in [0.05, 0.1) is 12.1 Å². The van der Waals surface area contributed by atoms with Crippen LogP contribution in [0.1, 0.15) is 37.3 Å². The minimum absolute atomic E-state index is 0.102. The Bertz CT molecular complexity index is 513. The van der Waals surface area contributed by atoms with E-state index in [1.165, 1.54) is 12.1 Å². The standard InChI is InChI=1S/C17H25FN2O2/c1-20(2)15(13-7-6-8-14(18)11-13)16(21)19-17(12-22-3)9-4-5-10-17/h6-8,11,15H,4-5,9-10,12H2,1-3H3,(H,19,21)/t15-/m0/s1. The average Bonchev–Trinajstić information content (AvgIpc) is 2.87. The van der Waals surface area contributed by atoms with Crippen LogP contribution in [0.2, 0.25) is 0 Å². The fraction of sp³-hybridized carbons (Fsp3) is 0.588. The molecule has 5 heteroatoms. The molecule has 0 heterocycles. The van der Waals surface area contributed by atoms with E-state index in [0.717, 1.165) is 25.7 Å². The second-order valence-corrected chi connectivity index (χ2v) is 6.33. The Morgan fingerprint density at radius 3 is 2.64 bits per heavy atom. The molecule has 0 unspecified atom stereocenters. The first-order valence-electron chi connectivity index (χ1n) is 7.70. The van der Waals surface area contributed by atoms with E-state index >= 15 is 0 Å². The molecule has 0 aromatic heterocycles. The number of likely N-dealkylation sites (N-methyl/N-ethyl adjacent to an activating group) is 1. The number of carbonyl (C=O) groups excluding carboxylic acids is 1. The third kappa shape index (κ3) is 3.84. The first-order valence-corrected chi connectivity index (χ1v) is 7.70. The molecule has 1 N–H and O–H groups in total. The topological polar surface area (TPSA) is 41.6 Å². The molecule has 22 heavy (non-hydrogen) atoms. The molecule has 0 spiro atoms. The van der Waals surface area contributed by atoms with Crippen molar-refractivity contribution in [2.75, 3.05) is 27.8 Å². The lowest BCUT2D eigenvalue weighted by Crippen LogP contribution is -2.52. The van der Waals surface area contributed by atoms with Gasteiger partial charge in [-0.2, -0.15) is 0 Å². The van der Waals surface area contributed by atoms with Crippen LogP contribution in [0.5, 0.6) is 0 Å². The number of methoxy groups -OCH3 is 1. The third-order valence-corrected chi connectivity index (χ3v) is 4.30. The number of benzene rings is 1. The summed E-state index contributed by atoms with van der Waals surface area (Å²) < 4.78 is 18.8. The summed E-state index contributed by atoms with van der Waals surface area (Å²) in [6.07, 6.45) is 4.04. The molecular weight excluding hydrogens is 283 g/mol. The van der Waals surface area contributed by atoms with Gasteiger partial charge in [-0.05, 0) is 44.6 Å². The minimum atomic E-state index is -0.509. The summed E-state index contributed by atoms with van der Waals surface area (Å²) in [5.41, 5.74) is 0.376. The molecule has 0 saturated heterocycles. The SMILES string of the molecule is COCC1(NC(=O)[C@H](c2cccc(F)c2)N(C)C)CCCC1. The van der Waals surface area contributed by atoms with Crippen LogP contribution < -0.4 is 5.32 Å². The Morgan fingerprint density at radius 2 is 2.09 bits per heavy atom. The van der Waals surface area contributed by atoms with Crippen molar-refractivity contribution in [3.05, 3.63) is 35.6 Å². The van der Waals surface area contributed by atoms with Crippen LogP contribution in [-0.4, -0.2) is 44.2 Å². The van der Waals surface area contributed by atoms with Crippen LogP contribution in [-0.2, 0) is 9.53 Å². The molecule has 1 aliphatic carbocycles. The second-order valence-electron chi connectivity index (χ2n) is 6.33. The number of halogens is 1. The maximum absolute atomic E-state index is 13.5. The molecule has 2 rings (SSSR count). The van der Waals surface area contributed by atoms with Gasteiger partial charge in [0, 0.05) is 7.11 Å². The largest absolute Gasteiger partial charge is 0.382 e. The van der Waals surface area contributed by atoms with E-state index in [1.807, 2.05) is 14.1 Å². The Hall–Kier alpha value is -1.46. The van der Waals surface area contributed by atoms with Gasteiger partial charge >= 0.3 is 0 Å². The molecule has 1 saturated carbocycles. The number of carbonyl (C=O) groups is 1. The van der Waals surface area contributed by atoms with Crippen LogP contribution >= 0.6 is 0 Å². The Balaban J connectivity index is 2.19. The van der Waals surface area contributed by atoms with Gasteiger partial charge in [0.25, 0.3) is 0 Å². The van der Waals surface area contributed by atoms with Crippen LogP contribution in [0, 0.1) is 5.82 Å². The van der Waals surface area contributed by atoms with Crippen LogP contribution in [0.25, 0.3) is 0 Å². The molecule has 0 bridgehead atoms. The summed E-state index contributed by atoms with van der Waals surface area (Å²) in [5.74, 6) is -0.431. The molecule has 0 radical (unpaired) electrons. The van der Waals surface area contributed by atoms with Gasteiger partial charge < -0.3 is 10.1 Å². The number of nitrogens with zero attached hydrogens (tertiary/aromatic N) is 1. The highest BCUT2D eigenvalue weighted by atomic mass is 19.1. The highest BCUT2D eigenvalue weighted by Crippen LogP contribution is 2.31. The number of rotatable bonds is 6. The molecule has 1 atom stereocenters. The van der Waals surface area contributed by atoms with Crippen LogP contribution in [0.4, 0.5) is 4.39 Å². The van der Waals surface area contributed by atoms with Gasteiger partial charge in [-0.15, -0.1) is 0 Å². The molecule has 1 aromatic rings. The van der Waals surface area contributed by atoms with Crippen molar-refractivity contribution in [1.29, 1.82) is 0 Å². The summed E-state index contributed by atoms with van der Waals surface area (Å²) in [4.78, 5) is 14.6. The second kappa shape index (κ2) is 7.20. The smallest absolute Gasteiger partial charge is 0.242 e. The summed E-state index contributed by atoms with van der Waals surface area (Å²) in [5, 5.41) is 3.16. The molecule has 4 nitrogen and oxygen atoms in total. The first kappa shape index (κ1) is 16.9. The highest BCUT2D eigenvalue weighted by Gasteiger charge is 2.37. The zero-order chi connectivity index (χ0) is 16.2. The van der Waals surface area contributed by atoms with Crippen LogP contribution in [0.3, 0.4) is 0 Å². The van der Waals surface area contributed by atoms with Gasteiger partial charge in [-0.3, -0.25) is 9.69 Å². The number of hydrogen-bond donors (Lipinski definition) is 1. The Labute approximate surface area is 131 Å². The highest BCUT2D eigenvalue weighted by molar-refractivity contribution is 5.84. The van der Waals surface area contributed by atoms with Crippen LogP contribution in [0.15, 0.2) is 24.3 Å². The lowest BCUT2D eigenvalue weighted by atomic mass is 9.96. The Morgan fingerprint density at radius 1 is 1.41 bits per heavy atom. The molecule has 1 amide bonds. The maximum Gasteiger partial charge on any atom is 0.242 e. The van der Waals surface area contributed by atoms with E-state index in [4.69, 9.17) is 4.74 Å². The first-order chi connectivity index (χ1) is 10.5. The van der Waals surface area contributed by atoms with Crippen molar-refractivity contribution in [2.45, 2.75) is 37.3 Å². The normalized spacial score (nSPS) is 18.4. The molecule has 1 aliphatic rings. The minimum Gasteiger partial charge on any atom is -0.382 e. The van der Waals surface area contributed by atoms with Gasteiger partial charge in [-0.1, -0.05) is 25.0 Å². The zero-order valence-electron chi connectivity index (χ0n) is 13.6. The lowest BCUT2D eigenvalue weighted by Gasteiger charge is -2.33. The predicted molar refractivity (Wildman–Crippen MR) is 84.0 cm³/mol. The van der Waals surface area contributed by atoms with E-state index in [9.17, 15) is 9.18 Å². The van der Waals surface area contributed by atoms with Crippen molar-refractivity contribution in [1.82, 2.24) is 10.2 Å². The lowest BCUT2D eigenvalue weighted by molar-refractivity contribution is -0.128. The quantitative estimate of drug-likeness (QED) is 0.878. The molecular formula is C17H25FN2O2.